The number of carbonyl (C=O) groups excluding carboxylic acids is 2. The fourth-order valence-corrected chi connectivity index (χ4v) is 3.86. The maximum Gasteiger partial charge on any atom is 0.337 e. The molecular formula is C29H32O6. The van der Waals surface area contributed by atoms with Crippen LogP contribution in [0.15, 0.2) is 78.9 Å². The summed E-state index contributed by atoms with van der Waals surface area (Å²) in [7, 11) is 1.36. The lowest BCUT2D eigenvalue weighted by Crippen LogP contribution is -2.33. The van der Waals surface area contributed by atoms with E-state index in [1.165, 1.54) is 7.11 Å². The SMILES string of the molecule is COC(=O)c1ccc(CCc2cccc(CC[C@@H](O)[C@@H](CO)C(=O)OCc3ccccc3)c2)cc1. The van der Waals surface area contributed by atoms with Gasteiger partial charge in [0.1, 0.15) is 12.5 Å². The number of aliphatic hydroxyl groups is 2. The van der Waals surface area contributed by atoms with Crippen LogP contribution in [0.25, 0.3) is 0 Å². The summed E-state index contributed by atoms with van der Waals surface area (Å²) in [6.45, 7) is -0.361. The minimum absolute atomic E-state index is 0.107. The van der Waals surface area contributed by atoms with E-state index in [2.05, 4.69) is 12.1 Å². The summed E-state index contributed by atoms with van der Waals surface area (Å²) in [5.41, 5.74) is 4.72. The van der Waals surface area contributed by atoms with Crippen LogP contribution in [0.2, 0.25) is 0 Å². The Balaban J connectivity index is 1.49. The van der Waals surface area contributed by atoms with Gasteiger partial charge < -0.3 is 19.7 Å². The zero-order valence-corrected chi connectivity index (χ0v) is 19.9. The highest BCUT2D eigenvalue weighted by atomic mass is 16.5. The Kier molecular flexibility index (Phi) is 10.0. The molecule has 3 aromatic rings. The highest BCUT2D eigenvalue weighted by Crippen LogP contribution is 2.17. The van der Waals surface area contributed by atoms with Crippen molar-refractivity contribution in [3.8, 4) is 0 Å². The van der Waals surface area contributed by atoms with Crippen molar-refractivity contribution in [1.29, 1.82) is 0 Å². The fourth-order valence-electron chi connectivity index (χ4n) is 3.86. The molecule has 0 radical (unpaired) electrons. The smallest absolute Gasteiger partial charge is 0.337 e. The van der Waals surface area contributed by atoms with Crippen LogP contribution in [0.3, 0.4) is 0 Å². The van der Waals surface area contributed by atoms with Gasteiger partial charge in [0.25, 0.3) is 0 Å². The second kappa shape index (κ2) is 13.4. The molecule has 0 spiro atoms. The Morgan fingerprint density at radius 3 is 2.09 bits per heavy atom. The average molecular weight is 477 g/mol. The number of aliphatic hydroxyl groups excluding tert-OH is 2. The predicted molar refractivity (Wildman–Crippen MR) is 133 cm³/mol. The normalized spacial score (nSPS) is 12.5. The molecular weight excluding hydrogens is 444 g/mol. The molecule has 3 rings (SSSR count). The third-order valence-electron chi connectivity index (χ3n) is 5.99. The largest absolute Gasteiger partial charge is 0.465 e. The standard InChI is InChI=1S/C29H32O6/c1-34-28(32)25-15-12-21(13-16-25)10-11-22-8-5-9-23(18-22)14-17-27(31)26(19-30)29(33)35-20-24-6-3-2-4-7-24/h2-9,12-13,15-16,18,26-27,30-31H,10-11,14,17,19-20H2,1H3/t26-,27-/m1/s1. The third kappa shape index (κ3) is 8.05. The molecule has 35 heavy (non-hydrogen) atoms. The number of carbonyl (C=O) groups is 2. The summed E-state index contributed by atoms with van der Waals surface area (Å²) in [5, 5.41) is 20.2. The van der Waals surface area contributed by atoms with E-state index in [-0.39, 0.29) is 12.6 Å². The number of methoxy groups -OCH3 is 1. The number of rotatable bonds is 12. The number of aryl methyl sites for hydroxylation is 3. The Morgan fingerprint density at radius 1 is 0.800 bits per heavy atom. The molecule has 0 saturated heterocycles. The first-order valence-electron chi connectivity index (χ1n) is 11.7. The molecule has 0 fully saturated rings. The summed E-state index contributed by atoms with van der Waals surface area (Å²) < 4.78 is 10.0. The molecule has 184 valence electrons. The Bertz CT molecular complexity index is 1080. The van der Waals surface area contributed by atoms with Crippen LogP contribution < -0.4 is 0 Å². The van der Waals surface area contributed by atoms with Crippen LogP contribution in [-0.4, -0.2) is 42.0 Å². The Labute approximate surface area is 206 Å². The Hall–Kier alpha value is -3.48. The molecule has 0 amide bonds. The van der Waals surface area contributed by atoms with Crippen LogP contribution in [0.1, 0.15) is 39.0 Å². The summed E-state index contributed by atoms with van der Waals surface area (Å²) >= 11 is 0. The monoisotopic (exact) mass is 476 g/mol. The van der Waals surface area contributed by atoms with Crippen LogP contribution >= 0.6 is 0 Å². The highest BCUT2D eigenvalue weighted by Gasteiger charge is 2.27. The van der Waals surface area contributed by atoms with Gasteiger partial charge in [0, 0.05) is 0 Å². The molecule has 0 bridgehead atoms. The van der Waals surface area contributed by atoms with E-state index in [0.717, 1.165) is 35.1 Å². The molecule has 0 unspecified atom stereocenters. The van der Waals surface area contributed by atoms with Crippen molar-refractivity contribution in [3.05, 3.63) is 107 Å². The summed E-state index contributed by atoms with van der Waals surface area (Å²) in [6.07, 6.45) is 1.57. The van der Waals surface area contributed by atoms with Gasteiger partial charge in [-0.25, -0.2) is 4.79 Å². The van der Waals surface area contributed by atoms with Gasteiger partial charge in [-0.05, 0) is 60.1 Å². The van der Waals surface area contributed by atoms with Crippen molar-refractivity contribution in [2.75, 3.05) is 13.7 Å². The van der Waals surface area contributed by atoms with E-state index < -0.39 is 24.6 Å². The number of benzene rings is 3. The molecule has 0 heterocycles. The molecule has 2 atom stereocenters. The lowest BCUT2D eigenvalue weighted by Gasteiger charge is -2.20. The summed E-state index contributed by atoms with van der Waals surface area (Å²) in [6, 6.07) is 24.8. The first-order chi connectivity index (χ1) is 17.0. The van der Waals surface area contributed by atoms with Gasteiger partial charge in [0.05, 0.1) is 25.4 Å². The van der Waals surface area contributed by atoms with Crippen molar-refractivity contribution < 1.29 is 29.3 Å². The summed E-state index contributed by atoms with van der Waals surface area (Å²) in [4.78, 5) is 23.9. The van der Waals surface area contributed by atoms with Gasteiger partial charge in [0.2, 0.25) is 0 Å². The van der Waals surface area contributed by atoms with E-state index in [1.807, 2.05) is 54.6 Å². The van der Waals surface area contributed by atoms with E-state index >= 15 is 0 Å². The van der Waals surface area contributed by atoms with Gasteiger partial charge >= 0.3 is 11.9 Å². The van der Waals surface area contributed by atoms with Gasteiger partial charge in [-0.1, -0.05) is 66.7 Å². The molecule has 0 aromatic heterocycles. The van der Waals surface area contributed by atoms with Crippen molar-refractivity contribution >= 4 is 11.9 Å². The van der Waals surface area contributed by atoms with E-state index in [1.54, 1.807) is 12.1 Å². The molecule has 6 nitrogen and oxygen atoms in total. The van der Waals surface area contributed by atoms with E-state index in [0.29, 0.717) is 18.4 Å². The zero-order chi connectivity index (χ0) is 25.0. The molecule has 6 heteroatoms. The maximum atomic E-state index is 12.4. The molecule has 0 saturated carbocycles. The van der Waals surface area contributed by atoms with Gasteiger partial charge in [-0.3, -0.25) is 4.79 Å². The van der Waals surface area contributed by atoms with Crippen LogP contribution in [-0.2, 0) is 40.1 Å². The average Bonchev–Trinajstić information content (AvgIpc) is 2.90. The van der Waals surface area contributed by atoms with Crippen molar-refractivity contribution in [3.63, 3.8) is 0 Å². The first kappa shape index (κ1) is 26.1. The van der Waals surface area contributed by atoms with Crippen molar-refractivity contribution in [2.24, 2.45) is 5.92 Å². The highest BCUT2D eigenvalue weighted by molar-refractivity contribution is 5.89. The minimum atomic E-state index is -1.000. The van der Waals surface area contributed by atoms with Crippen molar-refractivity contribution in [2.45, 2.75) is 38.4 Å². The van der Waals surface area contributed by atoms with Crippen molar-refractivity contribution in [1.82, 2.24) is 0 Å². The Morgan fingerprint density at radius 2 is 1.43 bits per heavy atom. The lowest BCUT2D eigenvalue weighted by molar-refractivity contribution is -0.156. The third-order valence-corrected chi connectivity index (χ3v) is 5.99. The topological polar surface area (TPSA) is 93.1 Å². The lowest BCUT2D eigenvalue weighted by atomic mass is 9.95. The maximum absolute atomic E-state index is 12.4. The number of ether oxygens (including phenoxy) is 2. The quantitative estimate of drug-likeness (QED) is 0.385. The van der Waals surface area contributed by atoms with Gasteiger partial charge in [-0.15, -0.1) is 0 Å². The number of hydrogen-bond donors (Lipinski definition) is 2. The van der Waals surface area contributed by atoms with E-state index in [4.69, 9.17) is 9.47 Å². The van der Waals surface area contributed by atoms with Gasteiger partial charge in [-0.2, -0.15) is 0 Å². The minimum Gasteiger partial charge on any atom is -0.465 e. The molecule has 0 aliphatic heterocycles. The molecule has 0 aliphatic rings. The number of hydrogen-bond acceptors (Lipinski definition) is 6. The molecule has 2 N–H and O–H groups in total. The second-order valence-electron chi connectivity index (χ2n) is 8.50. The number of esters is 2. The summed E-state index contributed by atoms with van der Waals surface area (Å²) in [5.74, 6) is -1.93. The second-order valence-corrected chi connectivity index (χ2v) is 8.50. The van der Waals surface area contributed by atoms with Gasteiger partial charge in [0.15, 0.2) is 0 Å². The van der Waals surface area contributed by atoms with Crippen LogP contribution in [0.5, 0.6) is 0 Å². The molecule has 3 aromatic carbocycles. The van der Waals surface area contributed by atoms with E-state index in [9.17, 15) is 19.8 Å². The zero-order valence-electron chi connectivity index (χ0n) is 19.9. The predicted octanol–water partition coefficient (Wildman–Crippen LogP) is 3.90. The fraction of sp³-hybridized carbons (Fsp3) is 0.310. The first-order valence-corrected chi connectivity index (χ1v) is 11.7. The molecule has 0 aliphatic carbocycles. The van der Waals surface area contributed by atoms with Crippen LogP contribution in [0, 0.1) is 5.92 Å². The van der Waals surface area contributed by atoms with Crippen LogP contribution in [0.4, 0.5) is 0 Å².